The maximum absolute atomic E-state index is 13.1. The standard InChI is InChI=1S/C29H35N5O5/c1-38-24-11-6-5-10-23(24)29-32-27(39-33-29)14-15-28(37)34-19-7-17-30-25(35)13-12-22(16-18-31-26(36)20-34)21-8-3-2-4-9-21/h2-6,8-11,22H,7,12-20H2,1H3,(H,30,35)(H,31,36). The molecule has 2 aromatic carbocycles. The fourth-order valence-electron chi connectivity index (χ4n) is 4.67. The van der Waals surface area contributed by atoms with Crippen LogP contribution in [0.2, 0.25) is 0 Å². The van der Waals surface area contributed by atoms with Gasteiger partial charge in [-0.15, -0.1) is 0 Å². The molecule has 1 aliphatic rings. The third-order valence-electron chi connectivity index (χ3n) is 6.79. The van der Waals surface area contributed by atoms with Crippen molar-refractivity contribution in [1.82, 2.24) is 25.7 Å². The molecule has 1 atom stereocenters. The summed E-state index contributed by atoms with van der Waals surface area (Å²) in [6.07, 6.45) is 2.74. The lowest BCUT2D eigenvalue weighted by atomic mass is 9.91. The van der Waals surface area contributed by atoms with Crippen LogP contribution < -0.4 is 15.4 Å². The number of rotatable bonds is 6. The third-order valence-corrected chi connectivity index (χ3v) is 6.79. The van der Waals surface area contributed by atoms with Crippen molar-refractivity contribution < 1.29 is 23.6 Å². The molecule has 3 amide bonds. The molecule has 1 aromatic heterocycles. The lowest BCUT2D eigenvalue weighted by Crippen LogP contribution is -2.42. The molecular weight excluding hydrogens is 498 g/mol. The highest BCUT2D eigenvalue weighted by atomic mass is 16.5. The summed E-state index contributed by atoms with van der Waals surface area (Å²) < 4.78 is 10.7. The molecule has 4 rings (SSSR count). The van der Waals surface area contributed by atoms with E-state index in [1.807, 2.05) is 42.5 Å². The first-order valence-electron chi connectivity index (χ1n) is 13.4. The van der Waals surface area contributed by atoms with Gasteiger partial charge in [0, 0.05) is 38.9 Å². The van der Waals surface area contributed by atoms with Crippen LogP contribution in [0, 0.1) is 0 Å². The van der Waals surface area contributed by atoms with Gasteiger partial charge in [0.05, 0.1) is 19.2 Å². The second-order valence-corrected chi connectivity index (χ2v) is 9.52. The van der Waals surface area contributed by atoms with E-state index in [0.717, 1.165) is 5.56 Å². The van der Waals surface area contributed by atoms with Crippen molar-refractivity contribution in [3.8, 4) is 17.1 Å². The van der Waals surface area contributed by atoms with Gasteiger partial charge in [0.1, 0.15) is 5.75 Å². The zero-order chi connectivity index (χ0) is 27.5. The molecule has 1 fully saturated rings. The van der Waals surface area contributed by atoms with Crippen molar-refractivity contribution in [3.05, 3.63) is 66.1 Å². The summed E-state index contributed by atoms with van der Waals surface area (Å²) in [5.41, 5.74) is 1.85. The van der Waals surface area contributed by atoms with Gasteiger partial charge in [0.15, 0.2) is 0 Å². The summed E-state index contributed by atoms with van der Waals surface area (Å²) in [6, 6.07) is 17.4. The molecule has 1 saturated heterocycles. The van der Waals surface area contributed by atoms with Gasteiger partial charge >= 0.3 is 0 Å². The molecule has 39 heavy (non-hydrogen) atoms. The maximum atomic E-state index is 13.1. The number of para-hydroxylation sites is 1. The van der Waals surface area contributed by atoms with Gasteiger partial charge < -0.3 is 24.8 Å². The molecule has 0 saturated carbocycles. The predicted octanol–water partition coefficient (Wildman–Crippen LogP) is 3.10. The molecule has 206 valence electrons. The van der Waals surface area contributed by atoms with Gasteiger partial charge in [-0.2, -0.15) is 4.98 Å². The second-order valence-electron chi connectivity index (χ2n) is 9.52. The quantitative estimate of drug-likeness (QED) is 0.499. The number of methoxy groups -OCH3 is 1. The number of ether oxygens (including phenoxy) is 1. The van der Waals surface area contributed by atoms with E-state index in [2.05, 4.69) is 32.9 Å². The molecule has 2 N–H and O–H groups in total. The van der Waals surface area contributed by atoms with E-state index < -0.39 is 0 Å². The monoisotopic (exact) mass is 533 g/mol. The Hall–Kier alpha value is -4.21. The summed E-state index contributed by atoms with van der Waals surface area (Å²) in [5, 5.41) is 9.92. The minimum absolute atomic E-state index is 0.00264. The SMILES string of the molecule is COc1ccccc1-c1noc(CCC(=O)N2CCCNC(=O)CCC(c3ccccc3)CCNC(=O)C2)n1. The Morgan fingerprint density at radius 3 is 2.62 bits per heavy atom. The van der Waals surface area contributed by atoms with Crippen molar-refractivity contribution in [3.63, 3.8) is 0 Å². The molecule has 1 aliphatic heterocycles. The Kier molecular flexibility index (Phi) is 10.0. The van der Waals surface area contributed by atoms with Crippen molar-refractivity contribution in [2.24, 2.45) is 0 Å². The van der Waals surface area contributed by atoms with E-state index in [9.17, 15) is 14.4 Å². The van der Waals surface area contributed by atoms with Crippen LogP contribution in [0.4, 0.5) is 0 Å². The molecule has 1 unspecified atom stereocenters. The van der Waals surface area contributed by atoms with Crippen molar-refractivity contribution in [1.29, 1.82) is 0 Å². The van der Waals surface area contributed by atoms with E-state index >= 15 is 0 Å². The first-order valence-corrected chi connectivity index (χ1v) is 13.4. The van der Waals surface area contributed by atoms with E-state index in [0.29, 0.717) is 68.3 Å². The number of carbonyl (C=O) groups excluding carboxylic acids is 3. The Bertz CT molecular complexity index is 1250. The van der Waals surface area contributed by atoms with Gasteiger partial charge in [0.2, 0.25) is 29.4 Å². The van der Waals surface area contributed by atoms with Crippen LogP contribution in [0.5, 0.6) is 5.75 Å². The normalized spacial score (nSPS) is 17.6. The van der Waals surface area contributed by atoms with Crippen molar-refractivity contribution in [2.45, 2.75) is 44.4 Å². The van der Waals surface area contributed by atoms with E-state index in [1.54, 1.807) is 7.11 Å². The Morgan fingerprint density at radius 2 is 1.79 bits per heavy atom. The van der Waals surface area contributed by atoms with Crippen LogP contribution in [-0.2, 0) is 20.8 Å². The number of aromatic nitrogens is 2. The van der Waals surface area contributed by atoms with Gasteiger partial charge in [-0.05, 0) is 42.9 Å². The summed E-state index contributed by atoms with van der Waals surface area (Å²) in [7, 11) is 1.57. The number of nitrogens with one attached hydrogen (secondary N) is 2. The van der Waals surface area contributed by atoms with Gasteiger partial charge in [0.25, 0.3) is 0 Å². The first kappa shape index (κ1) is 27.8. The van der Waals surface area contributed by atoms with E-state index in [-0.39, 0.29) is 43.0 Å². The Morgan fingerprint density at radius 1 is 1.03 bits per heavy atom. The largest absolute Gasteiger partial charge is 0.496 e. The molecule has 0 radical (unpaired) electrons. The topological polar surface area (TPSA) is 127 Å². The minimum Gasteiger partial charge on any atom is -0.496 e. The van der Waals surface area contributed by atoms with Crippen LogP contribution in [0.1, 0.15) is 49.5 Å². The summed E-state index contributed by atoms with van der Waals surface area (Å²) >= 11 is 0. The van der Waals surface area contributed by atoms with Crippen molar-refractivity contribution >= 4 is 17.7 Å². The molecular formula is C29H35N5O5. The maximum Gasteiger partial charge on any atom is 0.239 e. The summed E-state index contributed by atoms with van der Waals surface area (Å²) in [4.78, 5) is 44.2. The molecule has 2 heterocycles. The van der Waals surface area contributed by atoms with Crippen molar-refractivity contribution in [2.75, 3.05) is 33.3 Å². The lowest BCUT2D eigenvalue weighted by molar-refractivity contribution is -0.136. The fourth-order valence-corrected chi connectivity index (χ4v) is 4.67. The van der Waals surface area contributed by atoms with Crippen LogP contribution in [0.25, 0.3) is 11.4 Å². The predicted molar refractivity (Wildman–Crippen MR) is 145 cm³/mol. The first-order chi connectivity index (χ1) is 19.0. The number of benzene rings is 2. The smallest absolute Gasteiger partial charge is 0.239 e. The fraction of sp³-hybridized carbons (Fsp3) is 0.414. The Balaban J connectivity index is 1.35. The Labute approximate surface area is 228 Å². The van der Waals surface area contributed by atoms with E-state index in [1.165, 1.54) is 4.90 Å². The number of carbonyl (C=O) groups is 3. The molecule has 3 aromatic rings. The van der Waals surface area contributed by atoms with Crippen LogP contribution in [0.3, 0.4) is 0 Å². The van der Waals surface area contributed by atoms with Crippen LogP contribution in [0.15, 0.2) is 59.1 Å². The lowest BCUT2D eigenvalue weighted by Gasteiger charge is -2.23. The number of amides is 3. The molecule has 0 spiro atoms. The molecule has 0 bridgehead atoms. The van der Waals surface area contributed by atoms with E-state index in [4.69, 9.17) is 9.26 Å². The van der Waals surface area contributed by atoms with Crippen LogP contribution in [-0.4, -0.2) is 66.1 Å². The van der Waals surface area contributed by atoms with Gasteiger partial charge in [-0.25, -0.2) is 0 Å². The number of aryl methyl sites for hydroxylation is 1. The minimum atomic E-state index is -0.201. The molecule has 10 heteroatoms. The number of hydrogen-bond donors (Lipinski definition) is 2. The van der Waals surface area contributed by atoms with Gasteiger partial charge in [-0.3, -0.25) is 14.4 Å². The number of nitrogens with zero attached hydrogens (tertiary/aromatic N) is 3. The number of hydrogen-bond acceptors (Lipinski definition) is 7. The third kappa shape index (κ3) is 8.13. The average molecular weight is 534 g/mol. The van der Waals surface area contributed by atoms with Gasteiger partial charge in [-0.1, -0.05) is 47.6 Å². The average Bonchev–Trinajstić information content (AvgIpc) is 3.44. The summed E-state index contributed by atoms with van der Waals surface area (Å²) in [6.45, 7) is 1.22. The highest BCUT2D eigenvalue weighted by molar-refractivity contribution is 5.84. The highest BCUT2D eigenvalue weighted by Crippen LogP contribution is 2.27. The highest BCUT2D eigenvalue weighted by Gasteiger charge is 2.21. The molecule has 0 aliphatic carbocycles. The zero-order valence-electron chi connectivity index (χ0n) is 22.2. The molecule has 10 nitrogen and oxygen atoms in total. The van der Waals surface area contributed by atoms with Crippen LogP contribution >= 0.6 is 0 Å². The zero-order valence-corrected chi connectivity index (χ0v) is 22.2. The summed E-state index contributed by atoms with van der Waals surface area (Å²) in [5.74, 6) is 1.10. The second kappa shape index (κ2) is 14.1.